The van der Waals surface area contributed by atoms with Crippen LogP contribution in [0.3, 0.4) is 0 Å². The lowest BCUT2D eigenvalue weighted by atomic mass is 9.48. The van der Waals surface area contributed by atoms with E-state index in [0.717, 1.165) is 19.3 Å². The monoisotopic (exact) mass is 386 g/mol. The van der Waals surface area contributed by atoms with E-state index in [4.69, 9.17) is 4.74 Å². The summed E-state index contributed by atoms with van der Waals surface area (Å²) in [5.41, 5.74) is -0.914. The first-order valence-corrected chi connectivity index (χ1v) is 9.87. The van der Waals surface area contributed by atoms with Gasteiger partial charge in [0.2, 0.25) is 0 Å². The Morgan fingerprint density at radius 1 is 1.11 bits per heavy atom. The van der Waals surface area contributed by atoms with Crippen LogP contribution in [0, 0.1) is 17.3 Å². The Labute approximate surface area is 163 Å². The molecule has 3 atom stereocenters. The molecule has 0 unspecified atom stereocenters. The molecule has 0 radical (unpaired) electrons. The second kappa shape index (κ2) is 6.88. The third kappa shape index (κ3) is 3.63. The lowest BCUT2D eigenvalue weighted by Crippen LogP contribution is -2.59. The summed E-state index contributed by atoms with van der Waals surface area (Å²) in [7, 11) is 0. The molecule has 7 heteroatoms. The third-order valence-corrected chi connectivity index (χ3v) is 6.38. The summed E-state index contributed by atoms with van der Waals surface area (Å²) in [5, 5.41) is 15.5. The Bertz CT molecular complexity index is 779. The van der Waals surface area contributed by atoms with Gasteiger partial charge >= 0.3 is 12.0 Å². The molecule has 0 heterocycles. The number of urea groups is 1. The minimum absolute atomic E-state index is 0.347. The van der Waals surface area contributed by atoms with Gasteiger partial charge in [-0.2, -0.15) is 0 Å². The van der Waals surface area contributed by atoms with E-state index in [-0.39, 0.29) is 0 Å². The zero-order valence-electron chi connectivity index (χ0n) is 15.9. The van der Waals surface area contributed by atoms with Gasteiger partial charge in [0.15, 0.2) is 6.10 Å². The number of amides is 3. The molecule has 4 aliphatic carbocycles. The molecule has 0 aromatic heterocycles. The van der Waals surface area contributed by atoms with Gasteiger partial charge in [-0.15, -0.1) is 0 Å². The van der Waals surface area contributed by atoms with Gasteiger partial charge in [0.25, 0.3) is 5.91 Å². The average molecular weight is 386 g/mol. The molecule has 0 saturated heterocycles. The number of anilines is 1. The van der Waals surface area contributed by atoms with E-state index in [1.807, 2.05) is 6.07 Å². The highest BCUT2D eigenvalue weighted by Gasteiger charge is 2.61. The summed E-state index contributed by atoms with van der Waals surface area (Å²) < 4.78 is 5.45. The molecule has 4 saturated carbocycles. The van der Waals surface area contributed by atoms with E-state index in [9.17, 15) is 19.5 Å². The van der Waals surface area contributed by atoms with Crippen LogP contribution in [0.1, 0.15) is 45.4 Å². The quantitative estimate of drug-likeness (QED) is 0.690. The fourth-order valence-corrected chi connectivity index (χ4v) is 5.69. The van der Waals surface area contributed by atoms with Crippen molar-refractivity contribution >= 4 is 23.6 Å². The third-order valence-electron chi connectivity index (χ3n) is 6.38. The highest BCUT2D eigenvalue weighted by Crippen LogP contribution is 2.62. The minimum atomic E-state index is -1.09. The molecular formula is C21H26N2O5. The number of rotatable bonds is 4. The molecule has 1 aromatic carbocycles. The van der Waals surface area contributed by atoms with Crippen LogP contribution >= 0.6 is 0 Å². The number of hydrogen-bond donors (Lipinski definition) is 3. The van der Waals surface area contributed by atoms with Crippen molar-refractivity contribution < 1.29 is 24.2 Å². The summed E-state index contributed by atoms with van der Waals surface area (Å²) in [5.74, 6) is -0.407. The van der Waals surface area contributed by atoms with Crippen LogP contribution in [0.25, 0.3) is 0 Å². The number of benzene rings is 1. The van der Waals surface area contributed by atoms with Gasteiger partial charge in [0.05, 0.1) is 11.0 Å². The number of esters is 1. The molecule has 7 nitrogen and oxygen atoms in total. The number of carbonyl (C=O) groups is 3. The number of para-hydroxylation sites is 1. The zero-order valence-corrected chi connectivity index (χ0v) is 15.9. The van der Waals surface area contributed by atoms with Crippen molar-refractivity contribution in [3.63, 3.8) is 0 Å². The number of imide groups is 1. The molecule has 4 fully saturated rings. The minimum Gasteiger partial charge on any atom is -0.452 e. The fraction of sp³-hybridized carbons (Fsp3) is 0.571. The molecule has 1 aromatic rings. The Morgan fingerprint density at radius 2 is 1.75 bits per heavy atom. The van der Waals surface area contributed by atoms with Crippen LogP contribution in [0.5, 0.6) is 0 Å². The number of nitrogens with one attached hydrogen (secondary N) is 2. The Balaban J connectivity index is 1.34. The highest BCUT2D eigenvalue weighted by atomic mass is 16.5. The van der Waals surface area contributed by atoms with Crippen LogP contribution in [0.15, 0.2) is 30.3 Å². The molecule has 28 heavy (non-hydrogen) atoms. The summed E-state index contributed by atoms with van der Waals surface area (Å²) in [6.45, 7) is 1.46. The second-order valence-electron chi connectivity index (χ2n) is 8.82. The van der Waals surface area contributed by atoms with E-state index in [1.54, 1.807) is 24.3 Å². The first-order chi connectivity index (χ1) is 13.3. The summed E-state index contributed by atoms with van der Waals surface area (Å²) in [6, 6.07) is 8.07. The maximum Gasteiger partial charge on any atom is 0.325 e. The standard InChI is InChI=1S/C21H26N2O5/c1-13(17(24)23-19(26)22-16-5-3-2-4-6-16)28-18(25)20-8-14-7-15(9-20)11-21(27,10-14)12-20/h2-6,13-15,27H,7-12H2,1H3,(H2,22,23,24,26)/t13-,14+,15+,20?,21?/m0/s1. The average Bonchev–Trinajstić information content (AvgIpc) is 2.60. The SMILES string of the molecule is C[C@H](OC(=O)C12C[C@H]3C[C@@H](CC(O)(C3)C1)C2)C(=O)NC(=O)Nc1ccccc1. The fourth-order valence-electron chi connectivity index (χ4n) is 5.69. The van der Waals surface area contributed by atoms with Crippen molar-refractivity contribution in [3.05, 3.63) is 30.3 Å². The van der Waals surface area contributed by atoms with Gasteiger partial charge in [-0.3, -0.25) is 14.9 Å². The second-order valence-corrected chi connectivity index (χ2v) is 8.82. The Kier molecular flexibility index (Phi) is 4.65. The summed E-state index contributed by atoms with van der Waals surface area (Å²) >= 11 is 0. The number of aliphatic hydroxyl groups is 1. The predicted octanol–water partition coefficient (Wildman–Crippen LogP) is 2.60. The molecule has 0 aliphatic heterocycles. The number of hydrogen-bond acceptors (Lipinski definition) is 5. The van der Waals surface area contributed by atoms with E-state index in [2.05, 4.69) is 10.6 Å². The van der Waals surface area contributed by atoms with Gasteiger partial charge in [-0.05, 0) is 69.4 Å². The van der Waals surface area contributed by atoms with E-state index in [0.29, 0.717) is 36.8 Å². The topological polar surface area (TPSA) is 105 Å². The first-order valence-electron chi connectivity index (χ1n) is 9.87. The normalized spacial score (nSPS) is 33.8. The maximum atomic E-state index is 12.9. The van der Waals surface area contributed by atoms with Gasteiger partial charge in [0, 0.05) is 5.69 Å². The highest BCUT2D eigenvalue weighted by molar-refractivity contribution is 6.03. The van der Waals surface area contributed by atoms with Gasteiger partial charge in [-0.1, -0.05) is 18.2 Å². The molecule has 4 bridgehead atoms. The smallest absolute Gasteiger partial charge is 0.325 e. The number of carbonyl (C=O) groups excluding carboxylic acids is 3. The van der Waals surface area contributed by atoms with Crippen molar-refractivity contribution in [2.45, 2.75) is 57.2 Å². The Hall–Kier alpha value is -2.41. The van der Waals surface area contributed by atoms with Gasteiger partial charge < -0.3 is 15.2 Å². The van der Waals surface area contributed by atoms with E-state index in [1.165, 1.54) is 6.92 Å². The van der Waals surface area contributed by atoms with Crippen molar-refractivity contribution in [3.8, 4) is 0 Å². The first kappa shape index (κ1) is 18.9. The summed E-state index contributed by atoms with van der Waals surface area (Å²) in [6.07, 6.45) is 3.34. The maximum absolute atomic E-state index is 12.9. The van der Waals surface area contributed by atoms with Crippen LogP contribution < -0.4 is 10.6 Å². The van der Waals surface area contributed by atoms with E-state index >= 15 is 0 Å². The lowest BCUT2D eigenvalue weighted by molar-refractivity contribution is -0.199. The molecule has 5 rings (SSSR count). The van der Waals surface area contributed by atoms with Gasteiger partial charge in [-0.25, -0.2) is 4.79 Å². The predicted molar refractivity (Wildman–Crippen MR) is 101 cm³/mol. The van der Waals surface area contributed by atoms with Crippen molar-refractivity contribution in [2.75, 3.05) is 5.32 Å². The van der Waals surface area contributed by atoms with Crippen LogP contribution in [0.2, 0.25) is 0 Å². The molecule has 150 valence electrons. The molecule has 0 spiro atoms. The van der Waals surface area contributed by atoms with Crippen LogP contribution in [0.4, 0.5) is 10.5 Å². The number of ether oxygens (including phenoxy) is 1. The lowest BCUT2D eigenvalue weighted by Gasteiger charge is -2.58. The van der Waals surface area contributed by atoms with Crippen LogP contribution in [-0.4, -0.2) is 34.7 Å². The molecule has 3 amide bonds. The van der Waals surface area contributed by atoms with E-state index < -0.39 is 35.0 Å². The summed E-state index contributed by atoms with van der Waals surface area (Å²) in [4.78, 5) is 37.1. The van der Waals surface area contributed by atoms with Crippen molar-refractivity contribution in [1.29, 1.82) is 0 Å². The van der Waals surface area contributed by atoms with Crippen molar-refractivity contribution in [1.82, 2.24) is 5.32 Å². The van der Waals surface area contributed by atoms with Crippen LogP contribution in [-0.2, 0) is 14.3 Å². The molecular weight excluding hydrogens is 360 g/mol. The van der Waals surface area contributed by atoms with Crippen molar-refractivity contribution in [2.24, 2.45) is 17.3 Å². The largest absolute Gasteiger partial charge is 0.452 e. The molecule has 4 aliphatic rings. The zero-order chi connectivity index (χ0) is 19.9. The van der Waals surface area contributed by atoms with Gasteiger partial charge in [0.1, 0.15) is 0 Å². The molecule has 3 N–H and O–H groups in total. The Morgan fingerprint density at radius 3 is 2.36 bits per heavy atom.